The second-order valence-corrected chi connectivity index (χ2v) is 14.0. The van der Waals surface area contributed by atoms with Crippen molar-refractivity contribution >= 4 is 45.0 Å². The Morgan fingerprint density at radius 1 is 0.550 bits per heavy atom. The first-order valence-electron chi connectivity index (χ1n) is 18.8. The van der Waals surface area contributed by atoms with Crippen LogP contribution in [-0.4, -0.2) is 48.7 Å². The first-order chi connectivity index (χ1) is 29.2. The summed E-state index contributed by atoms with van der Waals surface area (Å²) >= 11 is 0. The third-order valence-electron chi connectivity index (χ3n) is 10.1. The largest absolute Gasteiger partial charge is 0.362 e. The summed E-state index contributed by atoms with van der Waals surface area (Å²) in [5.41, 5.74) is 7.24. The number of aromatic nitrogens is 10. The molecule has 60 heavy (non-hydrogen) atoms. The fraction of sp³-hybridized carbons (Fsp3) is 0.0909. The van der Waals surface area contributed by atoms with Crippen LogP contribution < -0.4 is 21.8 Å². The zero-order valence-corrected chi connectivity index (χ0v) is 32.0. The van der Waals surface area contributed by atoms with Crippen LogP contribution >= 0.6 is 0 Å². The third-order valence-corrected chi connectivity index (χ3v) is 10.1. The van der Waals surface area contributed by atoms with E-state index in [2.05, 4.69) is 50.5 Å². The summed E-state index contributed by atoms with van der Waals surface area (Å²) in [5.74, 6) is 0.238. The molecule has 0 fully saturated rings. The molecule has 0 aliphatic carbocycles. The van der Waals surface area contributed by atoms with E-state index < -0.39 is 11.6 Å². The molecule has 0 bridgehead atoms. The monoisotopic (exact) mass is 800 g/mol. The number of nitrogens with zero attached hydrogens (tertiary/aromatic N) is 8. The van der Waals surface area contributed by atoms with Crippen molar-refractivity contribution in [2.45, 2.75) is 25.9 Å². The summed E-state index contributed by atoms with van der Waals surface area (Å²) in [4.78, 5) is 58.0. The normalized spacial score (nSPS) is 12.3. The van der Waals surface area contributed by atoms with Crippen LogP contribution in [0.3, 0.4) is 0 Å². The average Bonchev–Trinajstić information content (AvgIpc) is 3.96. The number of pyridine rings is 4. The Labute approximate surface area is 338 Å². The van der Waals surface area contributed by atoms with Gasteiger partial charge in [0.1, 0.15) is 35.3 Å². The number of halogens is 2. The lowest BCUT2D eigenvalue weighted by atomic mass is 9.96. The summed E-state index contributed by atoms with van der Waals surface area (Å²) in [6.07, 6.45) is 8.42. The van der Waals surface area contributed by atoms with Gasteiger partial charge in [0, 0.05) is 23.4 Å². The van der Waals surface area contributed by atoms with Gasteiger partial charge in [0.25, 0.3) is 11.1 Å². The Morgan fingerprint density at radius 3 is 1.38 bits per heavy atom. The molecule has 8 aromatic heterocycles. The third kappa shape index (κ3) is 7.06. The van der Waals surface area contributed by atoms with Crippen molar-refractivity contribution in [2.75, 3.05) is 10.6 Å². The number of rotatable bonds is 8. The van der Waals surface area contributed by atoms with Crippen LogP contribution in [0.15, 0.2) is 144 Å². The van der Waals surface area contributed by atoms with Gasteiger partial charge < -0.3 is 20.6 Å². The molecular formula is C44H34F2N12O2. The molecule has 16 heteroatoms. The van der Waals surface area contributed by atoms with Gasteiger partial charge >= 0.3 is 0 Å². The number of hydrogen-bond acceptors (Lipinski definition) is 10. The predicted molar refractivity (Wildman–Crippen MR) is 226 cm³/mol. The lowest BCUT2D eigenvalue weighted by molar-refractivity contribution is 0.617. The van der Waals surface area contributed by atoms with Crippen molar-refractivity contribution in [3.63, 3.8) is 0 Å². The molecule has 0 amide bonds. The number of H-pyrrole nitrogens is 2. The zero-order chi connectivity index (χ0) is 41.3. The molecule has 10 aromatic rings. The maximum Gasteiger partial charge on any atom is 0.263 e. The Hall–Kier alpha value is -8.14. The van der Waals surface area contributed by atoms with Crippen molar-refractivity contribution in [3.05, 3.63) is 178 Å². The summed E-state index contributed by atoms with van der Waals surface area (Å²) < 4.78 is 30.3. The van der Waals surface area contributed by atoms with Crippen LogP contribution in [0, 0.1) is 11.6 Å². The number of anilines is 2. The Morgan fingerprint density at radius 2 is 0.967 bits per heavy atom. The fourth-order valence-electron chi connectivity index (χ4n) is 7.30. The molecule has 296 valence electrons. The van der Waals surface area contributed by atoms with Gasteiger partial charge in [0.15, 0.2) is 22.9 Å². The molecule has 0 radical (unpaired) electrons. The van der Waals surface area contributed by atoms with E-state index in [1.54, 1.807) is 24.8 Å². The van der Waals surface area contributed by atoms with Gasteiger partial charge in [-0.1, -0.05) is 60.7 Å². The van der Waals surface area contributed by atoms with Gasteiger partial charge in [-0.15, -0.1) is 0 Å². The van der Waals surface area contributed by atoms with Crippen LogP contribution in [0.4, 0.5) is 20.4 Å². The zero-order valence-electron chi connectivity index (χ0n) is 32.0. The first kappa shape index (κ1) is 37.4. The SMILES string of the molecule is C[C@@H](Nc1ncnc2nc[nH]c12)c1cc2ccc(F)cn2c(=O)c1-c1ccccc1.C[C@H](Nc1ncnc2nc[nH]c12)c1cc2ccc(F)cn2c(=O)c1-c1ccccc1. The second-order valence-electron chi connectivity index (χ2n) is 14.0. The van der Waals surface area contributed by atoms with Gasteiger partial charge in [0.2, 0.25) is 0 Å². The van der Waals surface area contributed by atoms with Crippen molar-refractivity contribution in [3.8, 4) is 22.3 Å². The number of nitrogens with one attached hydrogen (secondary N) is 4. The van der Waals surface area contributed by atoms with Gasteiger partial charge in [-0.2, -0.15) is 0 Å². The van der Waals surface area contributed by atoms with E-state index in [1.165, 1.54) is 46.0 Å². The highest BCUT2D eigenvalue weighted by Gasteiger charge is 2.21. The standard InChI is InChI=1S/2C22H17FN6O/c2*1-13(28-21-19-20(25-11-24-19)26-12-27-21)17-9-16-8-7-15(23)10-29(16)22(30)18(17)14-5-3-2-4-6-14/h2*2-13H,1H3,(H2,24,25,26,27,28)/t2*13-/m10/s1. The molecule has 0 saturated carbocycles. The number of imidazole rings is 2. The molecular weight excluding hydrogens is 767 g/mol. The predicted octanol–water partition coefficient (Wildman–Crippen LogP) is 7.89. The van der Waals surface area contributed by atoms with E-state index in [9.17, 15) is 18.4 Å². The van der Waals surface area contributed by atoms with Gasteiger partial charge in [-0.05, 0) is 72.5 Å². The summed E-state index contributed by atoms with van der Waals surface area (Å²) in [5, 5.41) is 6.71. The first-order valence-corrected chi connectivity index (χ1v) is 18.8. The maximum absolute atomic E-state index is 13.8. The molecule has 2 atom stereocenters. The minimum Gasteiger partial charge on any atom is -0.362 e. The molecule has 0 saturated heterocycles. The van der Waals surface area contributed by atoms with Crippen LogP contribution in [-0.2, 0) is 0 Å². The quantitative estimate of drug-likeness (QED) is 0.118. The average molecular weight is 801 g/mol. The van der Waals surface area contributed by atoms with Crippen molar-refractivity contribution in [2.24, 2.45) is 0 Å². The van der Waals surface area contributed by atoms with Gasteiger partial charge in [0.05, 0.1) is 35.9 Å². The maximum atomic E-state index is 13.8. The lowest BCUT2D eigenvalue weighted by Crippen LogP contribution is -2.21. The number of hydrogen-bond donors (Lipinski definition) is 4. The van der Waals surface area contributed by atoms with Crippen molar-refractivity contribution < 1.29 is 8.78 Å². The summed E-state index contributed by atoms with van der Waals surface area (Å²) in [7, 11) is 0. The highest BCUT2D eigenvalue weighted by molar-refractivity contribution is 5.83. The van der Waals surface area contributed by atoms with Crippen molar-refractivity contribution in [1.82, 2.24) is 48.7 Å². The molecule has 2 aromatic carbocycles. The molecule has 0 aliphatic rings. The molecule has 10 rings (SSSR count). The molecule has 4 N–H and O–H groups in total. The summed E-state index contributed by atoms with van der Waals surface area (Å²) in [6.45, 7) is 3.90. The van der Waals surface area contributed by atoms with Crippen LogP contribution in [0.5, 0.6) is 0 Å². The highest BCUT2D eigenvalue weighted by Crippen LogP contribution is 2.31. The fourth-order valence-corrected chi connectivity index (χ4v) is 7.30. The lowest BCUT2D eigenvalue weighted by Gasteiger charge is -2.20. The van der Waals surface area contributed by atoms with E-state index in [4.69, 9.17) is 0 Å². The van der Waals surface area contributed by atoms with Crippen molar-refractivity contribution in [1.29, 1.82) is 0 Å². The van der Waals surface area contributed by atoms with E-state index in [-0.39, 0.29) is 23.2 Å². The topological polar surface area (TPSA) is 176 Å². The second kappa shape index (κ2) is 15.7. The number of aromatic amines is 2. The minimum atomic E-state index is -0.467. The number of fused-ring (bicyclic) bond motifs is 4. The van der Waals surface area contributed by atoms with Crippen LogP contribution in [0.2, 0.25) is 0 Å². The highest BCUT2D eigenvalue weighted by atomic mass is 19.1. The van der Waals surface area contributed by atoms with Gasteiger partial charge in [-0.25, -0.2) is 38.7 Å². The van der Waals surface area contributed by atoms with E-state index >= 15 is 0 Å². The van der Waals surface area contributed by atoms with E-state index in [1.807, 2.05) is 86.6 Å². The molecule has 0 unspecified atom stereocenters. The van der Waals surface area contributed by atoms with Crippen LogP contribution in [0.1, 0.15) is 37.1 Å². The Balaban J connectivity index is 0.000000154. The molecule has 8 heterocycles. The smallest absolute Gasteiger partial charge is 0.263 e. The molecule has 14 nitrogen and oxygen atoms in total. The summed E-state index contributed by atoms with van der Waals surface area (Å²) in [6, 6.07) is 27.9. The minimum absolute atomic E-state index is 0.274. The van der Waals surface area contributed by atoms with Crippen LogP contribution in [0.25, 0.3) is 55.6 Å². The Kier molecular flexibility index (Phi) is 9.77. The van der Waals surface area contributed by atoms with Gasteiger partial charge in [-0.3, -0.25) is 18.4 Å². The number of benzene rings is 2. The van der Waals surface area contributed by atoms with E-state index in [0.29, 0.717) is 56.1 Å². The molecule has 0 spiro atoms. The van der Waals surface area contributed by atoms with E-state index in [0.717, 1.165) is 22.3 Å². The molecule has 0 aliphatic heterocycles. The Bertz CT molecular complexity index is 3070.